The Bertz CT molecular complexity index is 315. The van der Waals surface area contributed by atoms with Gasteiger partial charge in [0.1, 0.15) is 5.82 Å². The Hall–Kier alpha value is -1.36. The SMILES string of the molecule is O=c1nccc(N2CCCN2)[nH]1. The highest BCUT2D eigenvalue weighted by Gasteiger charge is 2.11. The van der Waals surface area contributed by atoms with E-state index in [0.717, 1.165) is 25.3 Å². The van der Waals surface area contributed by atoms with Gasteiger partial charge in [0, 0.05) is 19.3 Å². The number of hydrogen-bond donors (Lipinski definition) is 2. The fraction of sp³-hybridized carbons (Fsp3) is 0.429. The molecule has 0 unspecified atom stereocenters. The topological polar surface area (TPSA) is 61.0 Å². The van der Waals surface area contributed by atoms with Crippen molar-refractivity contribution in [1.82, 2.24) is 15.4 Å². The number of rotatable bonds is 1. The van der Waals surface area contributed by atoms with E-state index in [1.807, 2.05) is 5.01 Å². The first-order valence-electron chi connectivity index (χ1n) is 3.92. The van der Waals surface area contributed by atoms with Crippen molar-refractivity contribution in [2.75, 3.05) is 18.1 Å². The summed E-state index contributed by atoms with van der Waals surface area (Å²) in [5, 5.41) is 1.92. The molecule has 1 aliphatic rings. The number of aromatic amines is 1. The van der Waals surface area contributed by atoms with Crippen LogP contribution in [0, 0.1) is 0 Å². The zero-order chi connectivity index (χ0) is 8.39. The fourth-order valence-corrected chi connectivity index (χ4v) is 1.25. The number of nitrogens with zero attached hydrogens (tertiary/aromatic N) is 2. The highest BCUT2D eigenvalue weighted by Crippen LogP contribution is 2.07. The lowest BCUT2D eigenvalue weighted by atomic mass is 10.4. The van der Waals surface area contributed by atoms with E-state index in [4.69, 9.17) is 0 Å². The molecule has 0 aromatic carbocycles. The molecule has 1 saturated heterocycles. The normalized spacial score (nSPS) is 16.8. The minimum atomic E-state index is -0.304. The molecule has 1 aliphatic heterocycles. The average molecular weight is 166 g/mol. The van der Waals surface area contributed by atoms with E-state index in [-0.39, 0.29) is 5.69 Å². The number of anilines is 1. The quantitative estimate of drug-likeness (QED) is 0.589. The van der Waals surface area contributed by atoms with Crippen LogP contribution in [0.5, 0.6) is 0 Å². The van der Waals surface area contributed by atoms with Gasteiger partial charge in [-0.05, 0) is 12.5 Å². The van der Waals surface area contributed by atoms with Crippen molar-refractivity contribution in [2.24, 2.45) is 0 Å². The van der Waals surface area contributed by atoms with Crippen LogP contribution in [0.4, 0.5) is 5.82 Å². The molecule has 1 fully saturated rings. The van der Waals surface area contributed by atoms with Crippen LogP contribution in [0.3, 0.4) is 0 Å². The summed E-state index contributed by atoms with van der Waals surface area (Å²) in [5.41, 5.74) is 2.83. The van der Waals surface area contributed by atoms with Crippen LogP contribution >= 0.6 is 0 Å². The maximum absolute atomic E-state index is 10.8. The highest BCUT2D eigenvalue weighted by molar-refractivity contribution is 5.35. The first-order valence-corrected chi connectivity index (χ1v) is 3.92. The maximum Gasteiger partial charge on any atom is 0.346 e. The molecule has 0 amide bonds. The molecule has 0 atom stereocenters. The minimum Gasteiger partial charge on any atom is -0.294 e. The van der Waals surface area contributed by atoms with Crippen molar-refractivity contribution in [3.05, 3.63) is 22.7 Å². The van der Waals surface area contributed by atoms with Gasteiger partial charge >= 0.3 is 5.69 Å². The van der Waals surface area contributed by atoms with Crippen LogP contribution in [-0.2, 0) is 0 Å². The number of nitrogens with one attached hydrogen (secondary N) is 2. The van der Waals surface area contributed by atoms with Crippen LogP contribution in [-0.4, -0.2) is 23.1 Å². The molecule has 2 rings (SSSR count). The van der Waals surface area contributed by atoms with Crippen molar-refractivity contribution in [2.45, 2.75) is 6.42 Å². The molecule has 1 aromatic heterocycles. The third-order valence-electron chi connectivity index (χ3n) is 1.81. The summed E-state index contributed by atoms with van der Waals surface area (Å²) in [6, 6.07) is 1.78. The molecule has 64 valence electrons. The molecule has 0 bridgehead atoms. The molecule has 0 radical (unpaired) electrons. The number of aromatic nitrogens is 2. The van der Waals surface area contributed by atoms with Crippen LogP contribution < -0.4 is 16.1 Å². The predicted molar refractivity (Wildman–Crippen MR) is 44.8 cm³/mol. The van der Waals surface area contributed by atoms with Crippen molar-refractivity contribution in [3.8, 4) is 0 Å². The van der Waals surface area contributed by atoms with Gasteiger partial charge in [-0.15, -0.1) is 0 Å². The molecule has 1 aromatic rings. The summed E-state index contributed by atoms with van der Waals surface area (Å²) in [7, 11) is 0. The zero-order valence-electron chi connectivity index (χ0n) is 6.58. The molecule has 2 heterocycles. The van der Waals surface area contributed by atoms with E-state index in [2.05, 4.69) is 15.4 Å². The summed E-state index contributed by atoms with van der Waals surface area (Å²) in [6.45, 7) is 1.89. The van der Waals surface area contributed by atoms with Gasteiger partial charge in [-0.25, -0.2) is 15.2 Å². The van der Waals surface area contributed by atoms with Gasteiger partial charge in [-0.3, -0.25) is 9.99 Å². The molecule has 2 N–H and O–H groups in total. The predicted octanol–water partition coefficient (Wildman–Crippen LogP) is -0.515. The maximum atomic E-state index is 10.8. The van der Waals surface area contributed by atoms with Crippen LogP contribution in [0.25, 0.3) is 0 Å². The van der Waals surface area contributed by atoms with Gasteiger partial charge in [0.2, 0.25) is 0 Å². The Morgan fingerprint density at radius 1 is 1.58 bits per heavy atom. The molecule has 5 heteroatoms. The van der Waals surface area contributed by atoms with E-state index < -0.39 is 0 Å². The lowest BCUT2D eigenvalue weighted by Crippen LogP contribution is -2.32. The number of hydrogen-bond acceptors (Lipinski definition) is 4. The van der Waals surface area contributed by atoms with Crippen molar-refractivity contribution < 1.29 is 0 Å². The molecule has 0 saturated carbocycles. The van der Waals surface area contributed by atoms with Crippen LogP contribution in [0.15, 0.2) is 17.1 Å². The summed E-state index contributed by atoms with van der Waals surface area (Å²) in [5.74, 6) is 0.785. The molecule has 0 spiro atoms. The largest absolute Gasteiger partial charge is 0.346 e. The van der Waals surface area contributed by atoms with Gasteiger partial charge in [0.15, 0.2) is 0 Å². The third kappa shape index (κ3) is 1.31. The Kier molecular flexibility index (Phi) is 1.79. The second-order valence-electron chi connectivity index (χ2n) is 2.67. The van der Waals surface area contributed by atoms with Gasteiger partial charge in [-0.1, -0.05) is 0 Å². The first-order chi connectivity index (χ1) is 5.86. The van der Waals surface area contributed by atoms with Crippen LogP contribution in [0.1, 0.15) is 6.42 Å². The molecule has 12 heavy (non-hydrogen) atoms. The summed E-state index contributed by atoms with van der Waals surface area (Å²) < 4.78 is 0. The molecule has 0 aliphatic carbocycles. The Labute approximate surface area is 69.4 Å². The molecular weight excluding hydrogens is 156 g/mol. The van der Waals surface area contributed by atoms with E-state index in [1.54, 1.807) is 6.07 Å². The number of H-pyrrole nitrogens is 1. The van der Waals surface area contributed by atoms with Crippen molar-refractivity contribution in [3.63, 3.8) is 0 Å². The van der Waals surface area contributed by atoms with E-state index in [1.165, 1.54) is 6.20 Å². The monoisotopic (exact) mass is 166 g/mol. The summed E-state index contributed by atoms with van der Waals surface area (Å²) in [6.07, 6.45) is 2.61. The summed E-state index contributed by atoms with van der Waals surface area (Å²) >= 11 is 0. The Morgan fingerprint density at radius 2 is 2.50 bits per heavy atom. The Balaban J connectivity index is 2.27. The third-order valence-corrected chi connectivity index (χ3v) is 1.81. The summed E-state index contributed by atoms with van der Waals surface area (Å²) in [4.78, 5) is 17.0. The van der Waals surface area contributed by atoms with E-state index in [9.17, 15) is 4.79 Å². The minimum absolute atomic E-state index is 0.304. The van der Waals surface area contributed by atoms with Crippen LogP contribution in [0.2, 0.25) is 0 Å². The van der Waals surface area contributed by atoms with Crippen molar-refractivity contribution >= 4 is 5.82 Å². The van der Waals surface area contributed by atoms with Gasteiger partial charge in [0.25, 0.3) is 0 Å². The lowest BCUT2D eigenvalue weighted by Gasteiger charge is -2.15. The number of hydrazine groups is 1. The van der Waals surface area contributed by atoms with Crippen molar-refractivity contribution in [1.29, 1.82) is 0 Å². The zero-order valence-corrected chi connectivity index (χ0v) is 6.58. The van der Waals surface area contributed by atoms with Gasteiger partial charge in [-0.2, -0.15) is 0 Å². The van der Waals surface area contributed by atoms with E-state index >= 15 is 0 Å². The highest BCUT2D eigenvalue weighted by atomic mass is 16.1. The molecule has 5 nitrogen and oxygen atoms in total. The molecular formula is C7H10N4O. The lowest BCUT2D eigenvalue weighted by molar-refractivity contribution is 0.767. The Morgan fingerprint density at radius 3 is 3.17 bits per heavy atom. The smallest absolute Gasteiger partial charge is 0.294 e. The fourth-order valence-electron chi connectivity index (χ4n) is 1.25. The van der Waals surface area contributed by atoms with Gasteiger partial charge < -0.3 is 0 Å². The second kappa shape index (κ2) is 2.94. The van der Waals surface area contributed by atoms with Gasteiger partial charge in [0.05, 0.1) is 0 Å². The first kappa shape index (κ1) is 7.30. The standard InChI is InChI=1S/C7H10N4O/c12-7-8-4-2-6(10-7)11-5-1-3-9-11/h2,4,9H,1,3,5H2,(H,8,10,12). The van der Waals surface area contributed by atoms with E-state index in [0.29, 0.717) is 0 Å². The second-order valence-corrected chi connectivity index (χ2v) is 2.67. The average Bonchev–Trinajstić information content (AvgIpc) is 2.56.